The third-order valence-electron chi connectivity index (χ3n) is 1.89. The molecule has 0 saturated heterocycles. The average molecular weight is 232 g/mol. The van der Waals surface area contributed by atoms with E-state index in [2.05, 4.69) is 0 Å². The van der Waals surface area contributed by atoms with Crippen molar-refractivity contribution in [3.63, 3.8) is 0 Å². The van der Waals surface area contributed by atoms with Crippen molar-refractivity contribution in [2.75, 3.05) is 34.3 Å². The molecule has 0 radical (unpaired) electrons. The molecule has 0 spiro atoms. The van der Waals surface area contributed by atoms with Crippen molar-refractivity contribution in [3.05, 3.63) is 0 Å². The summed E-state index contributed by atoms with van der Waals surface area (Å²) in [4.78, 5) is 14.9. The number of esters is 1. The van der Waals surface area contributed by atoms with Crippen molar-refractivity contribution >= 4 is 23.3 Å². The third kappa shape index (κ3) is 6.28. The Bertz CT molecular complexity index is 219. The van der Waals surface area contributed by atoms with E-state index in [1.54, 1.807) is 0 Å². The highest BCUT2D eigenvalue weighted by molar-refractivity contribution is 7.80. The van der Waals surface area contributed by atoms with Crippen molar-refractivity contribution < 1.29 is 9.53 Å². The summed E-state index contributed by atoms with van der Waals surface area (Å²) in [5.41, 5.74) is 0. The lowest BCUT2D eigenvalue weighted by atomic mass is 10.3. The first-order chi connectivity index (χ1) is 6.99. The lowest BCUT2D eigenvalue weighted by molar-refractivity contribution is -0.143. The summed E-state index contributed by atoms with van der Waals surface area (Å²) in [6.45, 7) is 3.03. The van der Waals surface area contributed by atoms with E-state index < -0.39 is 0 Å². The molecule has 0 N–H and O–H groups in total. The van der Waals surface area contributed by atoms with Crippen LogP contribution in [0.25, 0.3) is 0 Å². The summed E-state index contributed by atoms with van der Waals surface area (Å²) in [6, 6.07) is 0. The van der Waals surface area contributed by atoms with E-state index in [1.165, 1.54) is 0 Å². The van der Waals surface area contributed by atoms with Crippen LogP contribution in [-0.4, -0.2) is 55.2 Å². The minimum absolute atomic E-state index is 0.137. The quantitative estimate of drug-likeness (QED) is 0.524. The van der Waals surface area contributed by atoms with Crippen LogP contribution < -0.4 is 0 Å². The van der Waals surface area contributed by atoms with Crippen molar-refractivity contribution in [3.8, 4) is 0 Å². The van der Waals surface area contributed by atoms with Crippen LogP contribution in [0.3, 0.4) is 0 Å². The zero-order valence-electron chi connectivity index (χ0n) is 9.95. The Morgan fingerprint density at radius 2 is 1.93 bits per heavy atom. The monoisotopic (exact) mass is 232 g/mol. The van der Waals surface area contributed by atoms with Crippen LogP contribution in [0.15, 0.2) is 0 Å². The van der Waals surface area contributed by atoms with Crippen molar-refractivity contribution in [2.24, 2.45) is 0 Å². The number of thiocarbonyl (C=S) groups is 1. The van der Waals surface area contributed by atoms with Crippen molar-refractivity contribution in [1.82, 2.24) is 9.80 Å². The Balaban J connectivity index is 3.68. The van der Waals surface area contributed by atoms with E-state index in [0.29, 0.717) is 13.0 Å². The molecule has 0 aliphatic heterocycles. The van der Waals surface area contributed by atoms with Crippen LogP contribution in [0.4, 0.5) is 0 Å². The van der Waals surface area contributed by atoms with Gasteiger partial charge in [-0.15, -0.1) is 0 Å². The molecule has 5 heteroatoms. The predicted molar refractivity (Wildman–Crippen MR) is 64.8 cm³/mol. The first-order valence-electron chi connectivity index (χ1n) is 5.07. The van der Waals surface area contributed by atoms with Gasteiger partial charge in [0.05, 0.1) is 6.61 Å². The molecule has 0 fully saturated rings. The Labute approximate surface area is 97.2 Å². The lowest BCUT2D eigenvalue weighted by Gasteiger charge is -2.24. The maximum Gasteiger partial charge on any atom is 0.305 e. The number of hydrogen-bond donors (Lipinski definition) is 0. The smallest absolute Gasteiger partial charge is 0.305 e. The summed E-state index contributed by atoms with van der Waals surface area (Å²) in [7, 11) is 5.74. The van der Waals surface area contributed by atoms with Gasteiger partial charge in [0, 0.05) is 34.1 Å². The molecule has 0 atom stereocenters. The van der Waals surface area contributed by atoms with Crippen LogP contribution >= 0.6 is 12.2 Å². The molecule has 0 aromatic rings. The summed E-state index contributed by atoms with van der Waals surface area (Å²) in [6.07, 6.45) is 1.22. The highest BCUT2D eigenvalue weighted by Gasteiger charge is 2.07. The van der Waals surface area contributed by atoms with Gasteiger partial charge in [-0.1, -0.05) is 0 Å². The molecule has 0 rings (SSSR count). The summed E-state index contributed by atoms with van der Waals surface area (Å²) in [5, 5.41) is 0.777. The van der Waals surface area contributed by atoms with Crippen molar-refractivity contribution in [1.29, 1.82) is 0 Å². The zero-order chi connectivity index (χ0) is 11.8. The Morgan fingerprint density at radius 3 is 2.40 bits per heavy atom. The maximum absolute atomic E-state index is 11.0. The largest absolute Gasteiger partial charge is 0.466 e. The molecular formula is C10H20N2O2S. The molecule has 0 aliphatic rings. The summed E-state index contributed by atoms with van der Waals surface area (Å²) < 4.78 is 4.83. The second-order valence-electron chi connectivity index (χ2n) is 3.51. The minimum atomic E-state index is -0.137. The molecule has 0 aromatic heterocycles. The molecule has 4 nitrogen and oxygen atoms in total. The van der Waals surface area contributed by atoms with Crippen LogP contribution in [0.1, 0.15) is 19.8 Å². The Hall–Kier alpha value is -0.840. The number of carbonyl (C=O) groups excluding carboxylic acids is 1. The van der Waals surface area contributed by atoms with Gasteiger partial charge in [0.15, 0.2) is 5.11 Å². The normalized spacial score (nSPS) is 9.60. The predicted octanol–water partition coefficient (Wildman–Crippen LogP) is 1.11. The van der Waals surface area contributed by atoms with Crippen LogP contribution in [-0.2, 0) is 9.53 Å². The van der Waals surface area contributed by atoms with Crippen molar-refractivity contribution in [2.45, 2.75) is 19.8 Å². The Morgan fingerprint density at radius 1 is 1.33 bits per heavy atom. The van der Waals surface area contributed by atoms with Gasteiger partial charge in [-0.25, -0.2) is 0 Å². The SMILES string of the molecule is CCOC(=O)CCCN(C)C(=S)N(C)C. The zero-order valence-corrected chi connectivity index (χ0v) is 10.8. The highest BCUT2D eigenvalue weighted by Crippen LogP contribution is 1.98. The maximum atomic E-state index is 11.0. The van der Waals surface area contributed by atoms with Gasteiger partial charge >= 0.3 is 5.97 Å². The van der Waals surface area contributed by atoms with Gasteiger partial charge in [0.25, 0.3) is 0 Å². The average Bonchev–Trinajstić information content (AvgIpc) is 2.16. The van der Waals surface area contributed by atoms with E-state index in [-0.39, 0.29) is 5.97 Å². The van der Waals surface area contributed by atoms with Gasteiger partial charge in [0.2, 0.25) is 0 Å². The first-order valence-corrected chi connectivity index (χ1v) is 5.48. The fraction of sp³-hybridized carbons (Fsp3) is 0.800. The number of hydrogen-bond acceptors (Lipinski definition) is 3. The van der Waals surface area contributed by atoms with Crippen LogP contribution in [0.5, 0.6) is 0 Å². The minimum Gasteiger partial charge on any atom is -0.466 e. The lowest BCUT2D eigenvalue weighted by Crippen LogP contribution is -2.36. The molecule has 0 aliphatic carbocycles. The number of nitrogens with zero attached hydrogens (tertiary/aromatic N) is 2. The number of ether oxygens (including phenoxy) is 1. The number of rotatable bonds is 5. The Kier molecular flexibility index (Phi) is 7.03. The highest BCUT2D eigenvalue weighted by atomic mass is 32.1. The molecule has 88 valence electrons. The van der Waals surface area contributed by atoms with E-state index in [4.69, 9.17) is 17.0 Å². The fourth-order valence-corrected chi connectivity index (χ4v) is 1.22. The molecule has 0 amide bonds. The molecule has 0 aromatic carbocycles. The molecule has 0 bridgehead atoms. The van der Waals surface area contributed by atoms with Gasteiger partial charge in [-0.05, 0) is 25.6 Å². The van der Waals surface area contributed by atoms with Gasteiger partial charge in [-0.2, -0.15) is 0 Å². The second-order valence-corrected chi connectivity index (χ2v) is 3.87. The van der Waals surface area contributed by atoms with E-state index in [0.717, 1.165) is 18.1 Å². The number of carbonyl (C=O) groups is 1. The fourth-order valence-electron chi connectivity index (χ4n) is 1.13. The standard InChI is InChI=1S/C10H20N2O2S/c1-5-14-9(13)7-6-8-12(4)10(15)11(2)3/h5-8H2,1-4H3. The third-order valence-corrected chi connectivity index (χ3v) is 2.57. The molecule has 15 heavy (non-hydrogen) atoms. The first kappa shape index (κ1) is 14.2. The molecule has 0 heterocycles. The van der Waals surface area contributed by atoms with E-state index in [1.807, 2.05) is 37.9 Å². The van der Waals surface area contributed by atoms with Gasteiger partial charge < -0.3 is 14.5 Å². The second kappa shape index (κ2) is 7.45. The van der Waals surface area contributed by atoms with Crippen LogP contribution in [0, 0.1) is 0 Å². The van der Waals surface area contributed by atoms with Gasteiger partial charge in [0.1, 0.15) is 0 Å². The summed E-state index contributed by atoms with van der Waals surface area (Å²) in [5.74, 6) is -0.137. The van der Waals surface area contributed by atoms with Gasteiger partial charge in [-0.3, -0.25) is 4.79 Å². The van der Waals surface area contributed by atoms with Crippen LogP contribution in [0.2, 0.25) is 0 Å². The molecular weight excluding hydrogens is 212 g/mol. The topological polar surface area (TPSA) is 32.8 Å². The van der Waals surface area contributed by atoms with E-state index in [9.17, 15) is 4.79 Å². The molecule has 0 saturated carbocycles. The summed E-state index contributed by atoms with van der Waals surface area (Å²) >= 11 is 5.17. The molecule has 0 unspecified atom stereocenters. The van der Waals surface area contributed by atoms with E-state index >= 15 is 0 Å².